The number of carbonyl (C=O) groups is 1. The van der Waals surface area contributed by atoms with Gasteiger partial charge in [-0.15, -0.1) is 0 Å². The van der Waals surface area contributed by atoms with Gasteiger partial charge in [0.25, 0.3) is 0 Å². The summed E-state index contributed by atoms with van der Waals surface area (Å²) in [7, 11) is 0. The number of benzene rings is 1. The van der Waals surface area contributed by atoms with E-state index in [1.54, 1.807) is 6.92 Å². The van der Waals surface area contributed by atoms with Crippen molar-refractivity contribution in [3.05, 3.63) is 41.7 Å². The second-order valence-electron chi connectivity index (χ2n) is 3.11. The highest BCUT2D eigenvalue weighted by molar-refractivity contribution is 5.94. The summed E-state index contributed by atoms with van der Waals surface area (Å²) in [5.41, 5.74) is 0.691. The van der Waals surface area contributed by atoms with Gasteiger partial charge in [0.15, 0.2) is 5.78 Å². The standard InChI is InChI=1S/C12H13FO2/c1-4-15-9(3)11-7-10(8(2)14)5-6-12(11)13/h5-7H,3-4H2,1-2H3. The van der Waals surface area contributed by atoms with Gasteiger partial charge in [-0.2, -0.15) is 0 Å². The Morgan fingerprint density at radius 3 is 2.73 bits per heavy atom. The highest BCUT2D eigenvalue weighted by Gasteiger charge is 2.09. The summed E-state index contributed by atoms with van der Waals surface area (Å²) in [6.07, 6.45) is 0. The van der Waals surface area contributed by atoms with Gasteiger partial charge in [0, 0.05) is 5.56 Å². The van der Waals surface area contributed by atoms with Crippen molar-refractivity contribution in [1.29, 1.82) is 0 Å². The van der Waals surface area contributed by atoms with Crippen LogP contribution in [-0.2, 0) is 4.74 Å². The third-order valence-electron chi connectivity index (χ3n) is 1.99. The maximum absolute atomic E-state index is 13.4. The first-order valence-corrected chi connectivity index (χ1v) is 4.68. The number of rotatable bonds is 4. The second kappa shape index (κ2) is 4.73. The molecule has 1 rings (SSSR count). The molecule has 0 fully saturated rings. The average molecular weight is 208 g/mol. The van der Waals surface area contributed by atoms with Crippen molar-refractivity contribution in [2.24, 2.45) is 0 Å². The molecule has 1 aromatic rings. The molecule has 2 nitrogen and oxygen atoms in total. The largest absolute Gasteiger partial charge is 0.494 e. The second-order valence-corrected chi connectivity index (χ2v) is 3.11. The first-order valence-electron chi connectivity index (χ1n) is 4.68. The summed E-state index contributed by atoms with van der Waals surface area (Å²) in [6.45, 7) is 7.24. The number of ether oxygens (including phenoxy) is 1. The van der Waals surface area contributed by atoms with Gasteiger partial charge in [0.1, 0.15) is 11.6 Å². The van der Waals surface area contributed by atoms with Crippen LogP contribution < -0.4 is 0 Å². The summed E-state index contributed by atoms with van der Waals surface area (Å²) in [5, 5.41) is 0. The van der Waals surface area contributed by atoms with Gasteiger partial charge < -0.3 is 4.74 Å². The van der Waals surface area contributed by atoms with E-state index >= 15 is 0 Å². The monoisotopic (exact) mass is 208 g/mol. The molecule has 0 aliphatic carbocycles. The first-order chi connectivity index (χ1) is 7.06. The van der Waals surface area contributed by atoms with Crippen molar-refractivity contribution in [2.75, 3.05) is 6.61 Å². The molecule has 0 saturated carbocycles. The topological polar surface area (TPSA) is 26.3 Å². The van der Waals surface area contributed by atoms with Gasteiger partial charge in [0.05, 0.1) is 12.2 Å². The fourth-order valence-electron chi connectivity index (χ4n) is 1.21. The van der Waals surface area contributed by atoms with Crippen molar-refractivity contribution < 1.29 is 13.9 Å². The van der Waals surface area contributed by atoms with Crippen molar-refractivity contribution in [3.63, 3.8) is 0 Å². The average Bonchev–Trinajstić information content (AvgIpc) is 2.18. The molecule has 0 spiro atoms. The van der Waals surface area contributed by atoms with E-state index in [0.717, 1.165) is 0 Å². The molecule has 15 heavy (non-hydrogen) atoms. The zero-order chi connectivity index (χ0) is 11.4. The maximum atomic E-state index is 13.4. The Morgan fingerprint density at radius 1 is 1.53 bits per heavy atom. The summed E-state index contributed by atoms with van der Waals surface area (Å²) >= 11 is 0. The molecular formula is C12H13FO2. The van der Waals surface area contributed by atoms with Gasteiger partial charge in [-0.3, -0.25) is 4.79 Å². The molecule has 0 N–H and O–H groups in total. The fourth-order valence-corrected chi connectivity index (χ4v) is 1.21. The predicted octanol–water partition coefficient (Wildman–Crippen LogP) is 3.04. The van der Waals surface area contributed by atoms with E-state index in [1.807, 2.05) is 0 Å². The van der Waals surface area contributed by atoms with Crippen LogP contribution in [0.2, 0.25) is 0 Å². The van der Waals surface area contributed by atoms with Gasteiger partial charge in [-0.25, -0.2) is 4.39 Å². The lowest BCUT2D eigenvalue weighted by atomic mass is 10.1. The van der Waals surface area contributed by atoms with E-state index in [9.17, 15) is 9.18 Å². The Bertz CT molecular complexity index is 397. The minimum absolute atomic E-state index is 0.111. The molecule has 0 aromatic heterocycles. The third-order valence-corrected chi connectivity index (χ3v) is 1.99. The van der Waals surface area contributed by atoms with Crippen LogP contribution in [-0.4, -0.2) is 12.4 Å². The Hall–Kier alpha value is -1.64. The number of ketones is 1. The van der Waals surface area contributed by atoms with E-state index in [2.05, 4.69) is 6.58 Å². The van der Waals surface area contributed by atoms with Crippen molar-refractivity contribution in [3.8, 4) is 0 Å². The molecule has 1 aromatic carbocycles. The summed E-state index contributed by atoms with van der Waals surface area (Å²) in [4.78, 5) is 11.1. The molecule has 0 radical (unpaired) electrons. The van der Waals surface area contributed by atoms with Crippen LogP contribution in [0.5, 0.6) is 0 Å². The predicted molar refractivity (Wildman–Crippen MR) is 57.1 cm³/mol. The van der Waals surface area contributed by atoms with E-state index in [4.69, 9.17) is 4.74 Å². The lowest BCUT2D eigenvalue weighted by molar-refractivity contribution is 0.101. The Morgan fingerprint density at radius 2 is 2.20 bits per heavy atom. The number of Topliss-reactive ketones (excluding diaryl/α,β-unsaturated/α-hetero) is 1. The lowest BCUT2D eigenvalue weighted by Gasteiger charge is -2.08. The molecule has 0 atom stereocenters. The van der Waals surface area contributed by atoms with E-state index in [1.165, 1.54) is 25.1 Å². The third kappa shape index (κ3) is 2.65. The number of carbonyl (C=O) groups excluding carboxylic acids is 1. The van der Waals surface area contributed by atoms with Crippen LogP contribution in [0.1, 0.15) is 29.8 Å². The highest BCUT2D eigenvalue weighted by Crippen LogP contribution is 2.19. The lowest BCUT2D eigenvalue weighted by Crippen LogP contribution is -1.98. The molecule has 0 aliphatic rings. The number of hydrogen-bond donors (Lipinski definition) is 0. The van der Waals surface area contributed by atoms with Gasteiger partial charge in [0.2, 0.25) is 0 Å². The van der Waals surface area contributed by atoms with Crippen LogP contribution >= 0.6 is 0 Å². The summed E-state index contributed by atoms with van der Waals surface area (Å²) in [5.74, 6) is -0.294. The number of halogens is 1. The fraction of sp³-hybridized carbons (Fsp3) is 0.250. The Labute approximate surface area is 88.4 Å². The van der Waals surface area contributed by atoms with Crippen LogP contribution in [0, 0.1) is 5.82 Å². The molecule has 0 heterocycles. The smallest absolute Gasteiger partial charge is 0.159 e. The molecule has 80 valence electrons. The Balaban J connectivity index is 3.10. The minimum atomic E-state index is -0.432. The van der Waals surface area contributed by atoms with Crippen molar-refractivity contribution in [2.45, 2.75) is 13.8 Å². The van der Waals surface area contributed by atoms with E-state index in [-0.39, 0.29) is 17.1 Å². The molecule has 0 amide bonds. The Kier molecular flexibility index (Phi) is 3.61. The minimum Gasteiger partial charge on any atom is -0.494 e. The van der Waals surface area contributed by atoms with E-state index in [0.29, 0.717) is 12.2 Å². The maximum Gasteiger partial charge on any atom is 0.159 e. The van der Waals surface area contributed by atoms with Crippen molar-refractivity contribution in [1.82, 2.24) is 0 Å². The zero-order valence-electron chi connectivity index (χ0n) is 8.84. The SMILES string of the molecule is C=C(OCC)c1cc(C(C)=O)ccc1F. The van der Waals surface area contributed by atoms with Crippen LogP contribution in [0.25, 0.3) is 5.76 Å². The molecule has 3 heteroatoms. The molecule has 0 saturated heterocycles. The highest BCUT2D eigenvalue weighted by atomic mass is 19.1. The van der Waals surface area contributed by atoms with Crippen LogP contribution in [0.4, 0.5) is 4.39 Å². The molecule has 0 aliphatic heterocycles. The summed E-state index contributed by atoms with van der Waals surface area (Å²) < 4.78 is 18.5. The van der Waals surface area contributed by atoms with Gasteiger partial charge >= 0.3 is 0 Å². The number of hydrogen-bond acceptors (Lipinski definition) is 2. The first kappa shape index (κ1) is 11.4. The van der Waals surface area contributed by atoms with Gasteiger partial charge in [-0.1, -0.05) is 6.58 Å². The van der Waals surface area contributed by atoms with Crippen LogP contribution in [0.15, 0.2) is 24.8 Å². The van der Waals surface area contributed by atoms with Gasteiger partial charge in [-0.05, 0) is 32.0 Å². The quantitative estimate of drug-likeness (QED) is 0.561. The van der Waals surface area contributed by atoms with E-state index < -0.39 is 5.82 Å². The van der Waals surface area contributed by atoms with Crippen molar-refractivity contribution >= 4 is 11.5 Å². The zero-order valence-corrected chi connectivity index (χ0v) is 8.84. The van der Waals surface area contributed by atoms with Crippen LogP contribution in [0.3, 0.4) is 0 Å². The normalized spacial score (nSPS) is 9.80. The molecule has 0 bridgehead atoms. The summed E-state index contributed by atoms with van der Waals surface area (Å²) in [6, 6.07) is 4.15. The molecule has 0 unspecified atom stereocenters. The molecular weight excluding hydrogens is 195 g/mol.